The molecule has 170 valence electrons. The van der Waals surface area contributed by atoms with Gasteiger partial charge < -0.3 is 11.5 Å². The number of hydrogen-bond acceptors (Lipinski definition) is 6. The summed E-state index contributed by atoms with van der Waals surface area (Å²) >= 11 is 1.18. The van der Waals surface area contributed by atoms with Crippen molar-refractivity contribution in [1.29, 1.82) is 5.26 Å². The Morgan fingerprint density at radius 3 is 2.03 bits per heavy atom. The Kier molecular flexibility index (Phi) is 5.65. The molecule has 0 fully saturated rings. The maximum atomic E-state index is 14.0. The van der Waals surface area contributed by atoms with Crippen LogP contribution >= 0.6 is 11.3 Å². The van der Waals surface area contributed by atoms with Gasteiger partial charge in [0, 0.05) is 22.3 Å². The lowest BCUT2D eigenvalue weighted by molar-refractivity contribution is 0.100. The lowest BCUT2D eigenvalue weighted by atomic mass is 9.96. The van der Waals surface area contributed by atoms with Gasteiger partial charge in [-0.25, -0.2) is 4.98 Å². The summed E-state index contributed by atoms with van der Waals surface area (Å²) in [7, 11) is 0. The molecule has 5 rings (SSSR count). The molecule has 0 spiro atoms. The van der Waals surface area contributed by atoms with Crippen molar-refractivity contribution in [3.63, 3.8) is 0 Å². The molecule has 2 heterocycles. The first-order chi connectivity index (χ1) is 17.0. The van der Waals surface area contributed by atoms with E-state index >= 15 is 0 Å². The van der Waals surface area contributed by atoms with E-state index in [0.717, 1.165) is 11.1 Å². The number of thiophene rings is 1. The highest BCUT2D eigenvalue weighted by Gasteiger charge is 2.28. The van der Waals surface area contributed by atoms with Crippen LogP contribution in [0.2, 0.25) is 0 Å². The number of hydrogen-bond donors (Lipinski definition) is 2. The van der Waals surface area contributed by atoms with Gasteiger partial charge in [-0.15, -0.1) is 11.3 Å². The van der Waals surface area contributed by atoms with Gasteiger partial charge in [-0.2, -0.15) is 5.26 Å². The molecule has 6 nitrogen and oxygen atoms in total. The summed E-state index contributed by atoms with van der Waals surface area (Å²) in [5.74, 6) is -0.173. The highest BCUT2D eigenvalue weighted by molar-refractivity contribution is 7.21. The van der Waals surface area contributed by atoms with Gasteiger partial charge in [0.05, 0.1) is 5.69 Å². The number of para-hydroxylation sites is 2. The summed E-state index contributed by atoms with van der Waals surface area (Å²) < 4.78 is 0. The van der Waals surface area contributed by atoms with Crippen LogP contribution in [-0.2, 0) is 0 Å². The molecule has 0 aliphatic carbocycles. The first-order valence-electron chi connectivity index (χ1n) is 10.9. The quantitative estimate of drug-likeness (QED) is 0.318. The summed E-state index contributed by atoms with van der Waals surface area (Å²) in [6.45, 7) is 1.99. The zero-order chi connectivity index (χ0) is 24.5. The molecular weight excluding hydrogens is 454 g/mol. The predicted molar refractivity (Wildman–Crippen MR) is 143 cm³/mol. The van der Waals surface area contributed by atoms with Crippen LogP contribution in [-0.4, -0.2) is 10.9 Å². The maximum absolute atomic E-state index is 14.0. The number of carbonyl (C=O) groups excluding carboxylic acids is 1. The molecule has 3 aromatic carbocycles. The highest BCUT2D eigenvalue weighted by atomic mass is 32.1. The fraction of sp³-hybridized carbons (Fsp3) is 0.0357. The van der Waals surface area contributed by atoms with E-state index in [9.17, 15) is 10.1 Å². The van der Waals surface area contributed by atoms with Crippen LogP contribution in [0.25, 0.3) is 21.3 Å². The zero-order valence-electron chi connectivity index (χ0n) is 18.9. The van der Waals surface area contributed by atoms with Crippen LogP contribution < -0.4 is 16.4 Å². The Morgan fingerprint density at radius 1 is 0.914 bits per heavy atom. The number of pyridine rings is 1. The molecule has 0 radical (unpaired) electrons. The number of fused-ring (bicyclic) bond motifs is 1. The largest absolute Gasteiger partial charge is 0.397 e. The summed E-state index contributed by atoms with van der Waals surface area (Å²) in [6.07, 6.45) is 0. The molecule has 0 atom stereocenters. The molecule has 4 N–H and O–H groups in total. The van der Waals surface area contributed by atoms with Crippen molar-refractivity contribution < 1.29 is 4.79 Å². The lowest BCUT2D eigenvalue weighted by Gasteiger charge is -2.22. The molecule has 5 aromatic rings. The zero-order valence-corrected chi connectivity index (χ0v) is 19.7. The Balaban J connectivity index is 1.75. The van der Waals surface area contributed by atoms with E-state index in [-0.39, 0.29) is 23.0 Å². The standard InChI is InChI=1S/C28H21N5OS/c1-17-12-14-18(15-13-17)22-21(16-29)26(31)32-27-23(22)24(30)25(35-27)28(34)33(19-8-4-2-5-9-19)20-10-6-3-7-11-20/h2-15H,30H2,1H3,(H2,31,32). The van der Waals surface area contributed by atoms with Gasteiger partial charge in [0.25, 0.3) is 5.91 Å². The Labute approximate surface area is 206 Å². The first kappa shape index (κ1) is 22.1. The van der Waals surface area contributed by atoms with Gasteiger partial charge in [-0.05, 0) is 36.8 Å². The number of nitriles is 1. The number of anilines is 4. The van der Waals surface area contributed by atoms with E-state index in [1.165, 1.54) is 11.3 Å². The van der Waals surface area contributed by atoms with Gasteiger partial charge in [0.2, 0.25) is 0 Å². The van der Waals surface area contributed by atoms with Crippen molar-refractivity contribution >= 4 is 50.3 Å². The van der Waals surface area contributed by atoms with Gasteiger partial charge >= 0.3 is 0 Å². The summed E-state index contributed by atoms with van der Waals surface area (Å²) in [5.41, 5.74) is 17.2. The van der Waals surface area contributed by atoms with Crippen molar-refractivity contribution in [1.82, 2.24) is 4.98 Å². The Bertz CT molecular complexity index is 1550. The highest BCUT2D eigenvalue weighted by Crippen LogP contribution is 2.44. The van der Waals surface area contributed by atoms with Gasteiger partial charge in [0.1, 0.15) is 27.2 Å². The van der Waals surface area contributed by atoms with Crippen molar-refractivity contribution in [2.45, 2.75) is 6.92 Å². The number of nitrogens with two attached hydrogens (primary N) is 2. The molecule has 0 saturated carbocycles. The van der Waals surface area contributed by atoms with E-state index in [1.807, 2.05) is 91.9 Å². The third-order valence-electron chi connectivity index (χ3n) is 5.78. The van der Waals surface area contributed by atoms with E-state index in [0.29, 0.717) is 32.0 Å². The first-order valence-corrected chi connectivity index (χ1v) is 11.7. The van der Waals surface area contributed by atoms with Gasteiger partial charge in [-0.3, -0.25) is 9.69 Å². The second kappa shape index (κ2) is 8.93. The molecule has 0 saturated heterocycles. The van der Waals surface area contributed by atoms with Crippen LogP contribution in [0.5, 0.6) is 0 Å². The summed E-state index contributed by atoms with van der Waals surface area (Å²) in [6, 6.07) is 28.7. The number of nitrogens with zero attached hydrogens (tertiary/aromatic N) is 3. The van der Waals surface area contributed by atoms with Crippen LogP contribution in [0, 0.1) is 18.3 Å². The number of rotatable bonds is 4. The second-order valence-electron chi connectivity index (χ2n) is 8.06. The number of benzene rings is 3. The fourth-order valence-electron chi connectivity index (χ4n) is 4.09. The van der Waals surface area contributed by atoms with Crippen molar-refractivity contribution in [3.05, 3.63) is 101 Å². The van der Waals surface area contributed by atoms with Crippen LogP contribution in [0.15, 0.2) is 84.9 Å². The molecule has 0 bridgehead atoms. The Morgan fingerprint density at radius 2 is 1.49 bits per heavy atom. The summed E-state index contributed by atoms with van der Waals surface area (Å²) in [4.78, 5) is 20.9. The van der Waals surface area contributed by atoms with E-state index in [2.05, 4.69) is 11.1 Å². The molecule has 1 amide bonds. The minimum atomic E-state index is -0.283. The number of aromatic nitrogens is 1. The number of amides is 1. The summed E-state index contributed by atoms with van der Waals surface area (Å²) in [5, 5.41) is 10.4. The second-order valence-corrected chi connectivity index (χ2v) is 9.06. The SMILES string of the molecule is Cc1ccc(-c2c(C#N)c(N)nc3sc(C(=O)N(c4ccccc4)c4ccccc4)c(N)c23)cc1. The molecule has 0 aliphatic rings. The van der Waals surface area contributed by atoms with Crippen molar-refractivity contribution in [2.24, 2.45) is 0 Å². The van der Waals surface area contributed by atoms with Gasteiger partial charge in [0.15, 0.2) is 0 Å². The maximum Gasteiger partial charge on any atom is 0.275 e. The molecule has 35 heavy (non-hydrogen) atoms. The average molecular weight is 476 g/mol. The fourth-order valence-corrected chi connectivity index (χ4v) is 5.13. The van der Waals surface area contributed by atoms with Crippen LogP contribution in [0.1, 0.15) is 20.8 Å². The predicted octanol–water partition coefficient (Wildman–Crippen LogP) is 6.29. The number of aryl methyl sites for hydroxylation is 1. The van der Waals surface area contributed by atoms with Crippen molar-refractivity contribution in [2.75, 3.05) is 16.4 Å². The lowest BCUT2D eigenvalue weighted by Crippen LogP contribution is -2.25. The Hall–Kier alpha value is -4.67. The minimum absolute atomic E-state index is 0.110. The molecule has 7 heteroatoms. The average Bonchev–Trinajstić information content (AvgIpc) is 3.20. The third kappa shape index (κ3) is 3.86. The topological polar surface area (TPSA) is 109 Å². The van der Waals surface area contributed by atoms with E-state index in [1.54, 1.807) is 4.90 Å². The van der Waals surface area contributed by atoms with E-state index in [4.69, 9.17) is 11.5 Å². The van der Waals surface area contributed by atoms with Crippen LogP contribution in [0.4, 0.5) is 22.9 Å². The van der Waals surface area contributed by atoms with Crippen LogP contribution in [0.3, 0.4) is 0 Å². The molecule has 2 aromatic heterocycles. The smallest absolute Gasteiger partial charge is 0.275 e. The number of nitrogen functional groups attached to an aromatic ring is 2. The van der Waals surface area contributed by atoms with Crippen molar-refractivity contribution in [3.8, 4) is 17.2 Å². The molecule has 0 unspecified atom stereocenters. The van der Waals surface area contributed by atoms with Gasteiger partial charge in [-0.1, -0.05) is 66.2 Å². The normalized spacial score (nSPS) is 10.7. The minimum Gasteiger partial charge on any atom is -0.397 e. The van der Waals surface area contributed by atoms with E-state index < -0.39 is 0 Å². The molecule has 0 aliphatic heterocycles. The molecular formula is C28H21N5OS. The number of carbonyl (C=O) groups is 1. The third-order valence-corrected chi connectivity index (χ3v) is 6.87. The monoisotopic (exact) mass is 475 g/mol.